The monoisotopic (exact) mass is 376 g/mol. The molecule has 1 heterocycles. The zero-order valence-corrected chi connectivity index (χ0v) is 15.9. The van der Waals surface area contributed by atoms with Crippen molar-refractivity contribution in [3.63, 3.8) is 0 Å². The van der Waals surface area contributed by atoms with Gasteiger partial charge in [0.05, 0.1) is 25.9 Å². The molecule has 1 saturated heterocycles. The zero-order chi connectivity index (χ0) is 19.1. The highest BCUT2D eigenvalue weighted by Gasteiger charge is 2.58. The first kappa shape index (κ1) is 20.0. The van der Waals surface area contributed by atoms with E-state index in [-0.39, 0.29) is 31.7 Å². The van der Waals surface area contributed by atoms with Gasteiger partial charge in [-0.2, -0.15) is 0 Å². The van der Waals surface area contributed by atoms with Gasteiger partial charge in [0.25, 0.3) is 0 Å². The van der Waals surface area contributed by atoms with Gasteiger partial charge in [0.15, 0.2) is 17.5 Å². The number of carbonyl (C=O) groups excluding carboxylic acids is 2. The highest BCUT2D eigenvalue weighted by Crippen LogP contribution is 2.40. The molecule has 0 amide bonds. The molecule has 1 saturated carbocycles. The van der Waals surface area contributed by atoms with Gasteiger partial charge in [-0.15, -0.1) is 0 Å². The largest absolute Gasteiger partial charge is 0.465 e. The Morgan fingerprint density at radius 2 is 2.04 bits per heavy atom. The molecular formula is C21H28O6. The first-order valence-electron chi connectivity index (χ1n) is 9.76. The summed E-state index contributed by atoms with van der Waals surface area (Å²) in [6.45, 7) is 2.86. The van der Waals surface area contributed by atoms with E-state index in [0.717, 1.165) is 24.8 Å². The highest BCUT2D eigenvalue weighted by atomic mass is 16.7. The predicted octanol–water partition coefficient (Wildman–Crippen LogP) is 3.03. The number of hydrogen-bond acceptors (Lipinski definition) is 6. The summed E-state index contributed by atoms with van der Waals surface area (Å²) in [5.74, 6) is -0.726. The van der Waals surface area contributed by atoms with E-state index in [1.807, 2.05) is 30.3 Å². The molecule has 1 aliphatic carbocycles. The van der Waals surface area contributed by atoms with Gasteiger partial charge in [-0.1, -0.05) is 30.3 Å². The Hall–Kier alpha value is -1.76. The molecule has 1 aromatic carbocycles. The first-order chi connectivity index (χ1) is 13.2. The van der Waals surface area contributed by atoms with Crippen LogP contribution < -0.4 is 0 Å². The van der Waals surface area contributed by atoms with Crippen LogP contribution in [-0.4, -0.2) is 44.0 Å². The summed E-state index contributed by atoms with van der Waals surface area (Å²) in [6, 6.07) is 9.66. The Kier molecular flexibility index (Phi) is 6.99. The van der Waals surface area contributed by atoms with E-state index >= 15 is 0 Å². The lowest BCUT2D eigenvalue weighted by atomic mass is 9.83. The third-order valence-corrected chi connectivity index (χ3v) is 5.22. The van der Waals surface area contributed by atoms with Crippen LogP contribution >= 0.6 is 0 Å². The molecule has 0 aromatic heterocycles. The van der Waals surface area contributed by atoms with Crippen LogP contribution in [-0.2, 0) is 35.1 Å². The zero-order valence-electron chi connectivity index (χ0n) is 15.9. The fourth-order valence-corrected chi connectivity index (χ4v) is 3.74. The number of ketones is 1. The van der Waals surface area contributed by atoms with Crippen molar-refractivity contribution in [1.82, 2.24) is 0 Å². The molecular weight excluding hydrogens is 348 g/mol. The molecule has 1 aliphatic heterocycles. The number of Topliss-reactive ketones (excluding diaryl/α,β-unsaturated/α-hetero) is 1. The van der Waals surface area contributed by atoms with Crippen LogP contribution in [0.3, 0.4) is 0 Å². The lowest BCUT2D eigenvalue weighted by Gasteiger charge is -2.34. The van der Waals surface area contributed by atoms with Crippen molar-refractivity contribution in [2.45, 2.75) is 58.0 Å². The van der Waals surface area contributed by atoms with Crippen LogP contribution in [0.5, 0.6) is 0 Å². The van der Waals surface area contributed by atoms with E-state index in [0.29, 0.717) is 19.6 Å². The number of ether oxygens (including phenoxy) is 4. The number of hydrogen-bond donors (Lipinski definition) is 0. The average Bonchev–Trinajstić information content (AvgIpc) is 3.00. The van der Waals surface area contributed by atoms with Gasteiger partial charge in [-0.05, 0) is 38.2 Å². The lowest BCUT2D eigenvalue weighted by Crippen LogP contribution is -2.51. The van der Waals surface area contributed by atoms with Crippen molar-refractivity contribution in [3.05, 3.63) is 35.9 Å². The fourth-order valence-electron chi connectivity index (χ4n) is 3.74. The fraction of sp³-hybridized carbons (Fsp3) is 0.619. The van der Waals surface area contributed by atoms with Crippen molar-refractivity contribution in [2.24, 2.45) is 5.41 Å². The molecule has 6 nitrogen and oxygen atoms in total. The highest BCUT2D eigenvalue weighted by molar-refractivity contribution is 6.06. The van der Waals surface area contributed by atoms with Gasteiger partial charge in [-0.3, -0.25) is 9.59 Å². The quantitative estimate of drug-likeness (QED) is 0.513. The van der Waals surface area contributed by atoms with Gasteiger partial charge < -0.3 is 18.9 Å². The standard InChI is InChI=1S/C21H28O6/c1-2-25-20(23)21(15-24-14-16-8-4-3-5-9-16)17(22)11-12-18(21)27-19-10-6-7-13-26-19/h3-5,8-9,18-19H,2,6-7,10-15H2,1H3. The maximum Gasteiger partial charge on any atom is 0.324 e. The van der Waals surface area contributed by atoms with Crippen molar-refractivity contribution < 1.29 is 28.5 Å². The van der Waals surface area contributed by atoms with Crippen molar-refractivity contribution in [2.75, 3.05) is 19.8 Å². The van der Waals surface area contributed by atoms with Gasteiger partial charge in [0, 0.05) is 13.0 Å². The second-order valence-electron chi connectivity index (χ2n) is 7.05. The van der Waals surface area contributed by atoms with Crippen LogP contribution in [0.25, 0.3) is 0 Å². The normalized spacial score (nSPS) is 28.3. The second kappa shape index (κ2) is 9.44. The maximum atomic E-state index is 12.8. The number of benzene rings is 1. The van der Waals surface area contributed by atoms with Crippen LogP contribution in [0.4, 0.5) is 0 Å². The van der Waals surface area contributed by atoms with Gasteiger partial charge >= 0.3 is 5.97 Å². The molecule has 0 N–H and O–H groups in total. The molecule has 2 fully saturated rings. The van der Waals surface area contributed by atoms with Crippen molar-refractivity contribution in [1.29, 1.82) is 0 Å². The number of rotatable bonds is 8. The minimum absolute atomic E-state index is 0.0447. The Bertz CT molecular complexity index is 625. The number of carbonyl (C=O) groups is 2. The molecule has 27 heavy (non-hydrogen) atoms. The van der Waals surface area contributed by atoms with Crippen molar-refractivity contribution >= 4 is 11.8 Å². The minimum Gasteiger partial charge on any atom is -0.465 e. The molecule has 3 atom stereocenters. The molecule has 1 aromatic rings. The SMILES string of the molecule is CCOC(=O)C1(COCc2ccccc2)C(=O)CCC1OC1CCCCO1. The van der Waals surface area contributed by atoms with Gasteiger partial charge in [0.1, 0.15) is 0 Å². The van der Waals surface area contributed by atoms with E-state index in [1.54, 1.807) is 6.92 Å². The summed E-state index contributed by atoms with van der Waals surface area (Å²) >= 11 is 0. The van der Waals surface area contributed by atoms with Crippen LogP contribution in [0.2, 0.25) is 0 Å². The summed E-state index contributed by atoms with van der Waals surface area (Å²) in [6.07, 6.45) is 2.60. The van der Waals surface area contributed by atoms with E-state index in [1.165, 1.54) is 0 Å². The molecule has 2 aliphatic rings. The van der Waals surface area contributed by atoms with Gasteiger partial charge in [-0.25, -0.2) is 0 Å². The van der Waals surface area contributed by atoms with Crippen LogP contribution in [0.1, 0.15) is 44.6 Å². The molecule has 3 rings (SSSR count). The average molecular weight is 376 g/mol. The molecule has 148 valence electrons. The Labute approximate surface area is 160 Å². The summed E-state index contributed by atoms with van der Waals surface area (Å²) < 4.78 is 22.8. The Morgan fingerprint density at radius 3 is 2.74 bits per heavy atom. The minimum atomic E-state index is -1.41. The molecule has 0 spiro atoms. The van der Waals surface area contributed by atoms with Crippen LogP contribution in [0.15, 0.2) is 30.3 Å². The summed E-state index contributed by atoms with van der Waals surface area (Å²) in [4.78, 5) is 25.6. The van der Waals surface area contributed by atoms with Crippen molar-refractivity contribution in [3.8, 4) is 0 Å². The van der Waals surface area contributed by atoms with E-state index in [9.17, 15) is 9.59 Å². The smallest absolute Gasteiger partial charge is 0.324 e. The third kappa shape index (κ3) is 4.57. The summed E-state index contributed by atoms with van der Waals surface area (Å²) in [5.41, 5.74) is -0.430. The molecule has 0 radical (unpaired) electrons. The molecule has 3 unspecified atom stereocenters. The molecule has 6 heteroatoms. The Morgan fingerprint density at radius 1 is 1.22 bits per heavy atom. The summed E-state index contributed by atoms with van der Waals surface area (Å²) in [7, 11) is 0. The summed E-state index contributed by atoms with van der Waals surface area (Å²) in [5, 5.41) is 0. The van der Waals surface area contributed by atoms with E-state index in [2.05, 4.69) is 0 Å². The first-order valence-corrected chi connectivity index (χ1v) is 9.76. The van der Waals surface area contributed by atoms with E-state index < -0.39 is 17.5 Å². The molecule has 0 bridgehead atoms. The van der Waals surface area contributed by atoms with Crippen LogP contribution in [0, 0.1) is 5.41 Å². The predicted molar refractivity (Wildman–Crippen MR) is 97.9 cm³/mol. The van der Waals surface area contributed by atoms with E-state index in [4.69, 9.17) is 18.9 Å². The topological polar surface area (TPSA) is 71.1 Å². The maximum absolute atomic E-state index is 12.8. The third-order valence-electron chi connectivity index (χ3n) is 5.22. The second-order valence-corrected chi connectivity index (χ2v) is 7.05. The Balaban J connectivity index is 1.73. The number of esters is 1. The van der Waals surface area contributed by atoms with Gasteiger partial charge in [0.2, 0.25) is 0 Å². The lowest BCUT2D eigenvalue weighted by molar-refractivity contribution is -0.217.